The molecule has 0 aliphatic carbocycles. The van der Waals surface area contributed by atoms with Crippen molar-refractivity contribution in [2.75, 3.05) is 6.61 Å². The van der Waals surface area contributed by atoms with Crippen molar-refractivity contribution in [3.8, 4) is 0 Å². The van der Waals surface area contributed by atoms with Crippen LogP contribution in [0.3, 0.4) is 0 Å². The molecular formula is C15H24O. The lowest BCUT2D eigenvalue weighted by Gasteiger charge is -2.21. The summed E-state index contributed by atoms with van der Waals surface area (Å²) >= 11 is 0. The molecule has 1 aromatic rings. The van der Waals surface area contributed by atoms with Crippen LogP contribution >= 0.6 is 0 Å². The summed E-state index contributed by atoms with van der Waals surface area (Å²) in [6.45, 7) is 9.07. The topological polar surface area (TPSA) is 20.2 Å². The van der Waals surface area contributed by atoms with Gasteiger partial charge in [0.25, 0.3) is 0 Å². The van der Waals surface area contributed by atoms with Gasteiger partial charge in [0.1, 0.15) is 0 Å². The normalized spacial score (nSPS) is 13.1. The summed E-state index contributed by atoms with van der Waals surface area (Å²) in [4.78, 5) is 0. The van der Waals surface area contributed by atoms with Crippen molar-refractivity contribution in [2.24, 2.45) is 5.92 Å². The van der Waals surface area contributed by atoms with Crippen LogP contribution in [0.2, 0.25) is 0 Å². The molecule has 0 fully saturated rings. The molecule has 0 amide bonds. The van der Waals surface area contributed by atoms with Crippen LogP contribution in [-0.2, 0) is 0 Å². The Morgan fingerprint density at radius 2 is 1.88 bits per heavy atom. The molecule has 0 aliphatic heterocycles. The lowest BCUT2D eigenvalue weighted by Crippen LogP contribution is -2.07. The van der Waals surface area contributed by atoms with Crippen LogP contribution in [0.4, 0.5) is 0 Å². The molecule has 0 heterocycles. The van der Waals surface area contributed by atoms with E-state index in [0.29, 0.717) is 11.8 Å². The van der Waals surface area contributed by atoms with E-state index < -0.39 is 0 Å². The van der Waals surface area contributed by atoms with Crippen LogP contribution in [0, 0.1) is 19.8 Å². The van der Waals surface area contributed by atoms with Crippen LogP contribution in [-0.4, -0.2) is 11.7 Å². The molecule has 1 aromatic carbocycles. The van der Waals surface area contributed by atoms with Gasteiger partial charge in [-0.3, -0.25) is 0 Å². The molecule has 0 radical (unpaired) electrons. The van der Waals surface area contributed by atoms with Gasteiger partial charge in [0.15, 0.2) is 0 Å². The van der Waals surface area contributed by atoms with Crippen molar-refractivity contribution in [1.82, 2.24) is 0 Å². The molecule has 16 heavy (non-hydrogen) atoms. The second-order valence-electron chi connectivity index (χ2n) is 5.20. The standard InChI is InChI=1S/C15H24O/c1-11(2)9-14(7-8-16)15-6-5-12(3)10-13(15)4/h5-6,10-11,14,16H,7-9H2,1-4H3. The average molecular weight is 220 g/mol. The van der Waals surface area contributed by atoms with E-state index in [9.17, 15) is 0 Å². The van der Waals surface area contributed by atoms with Gasteiger partial charge in [-0.15, -0.1) is 0 Å². The van der Waals surface area contributed by atoms with E-state index in [-0.39, 0.29) is 6.61 Å². The van der Waals surface area contributed by atoms with Crippen molar-refractivity contribution >= 4 is 0 Å². The molecule has 1 N–H and O–H groups in total. The summed E-state index contributed by atoms with van der Waals surface area (Å²) in [6, 6.07) is 6.64. The third kappa shape index (κ3) is 3.64. The van der Waals surface area contributed by atoms with Gasteiger partial charge in [-0.1, -0.05) is 37.6 Å². The number of aryl methyl sites for hydroxylation is 2. The molecule has 0 saturated heterocycles. The van der Waals surface area contributed by atoms with Crippen LogP contribution in [0.1, 0.15) is 49.3 Å². The highest BCUT2D eigenvalue weighted by Crippen LogP contribution is 2.29. The lowest BCUT2D eigenvalue weighted by molar-refractivity contribution is 0.267. The Morgan fingerprint density at radius 1 is 1.19 bits per heavy atom. The first-order valence-electron chi connectivity index (χ1n) is 6.22. The third-order valence-corrected chi connectivity index (χ3v) is 3.10. The van der Waals surface area contributed by atoms with Gasteiger partial charge in [-0.25, -0.2) is 0 Å². The fourth-order valence-electron chi connectivity index (χ4n) is 2.41. The smallest absolute Gasteiger partial charge is 0.0436 e. The van der Waals surface area contributed by atoms with Crippen molar-refractivity contribution in [3.05, 3.63) is 34.9 Å². The Labute approximate surface area is 99.5 Å². The number of hydrogen-bond acceptors (Lipinski definition) is 1. The SMILES string of the molecule is Cc1ccc(C(CCO)CC(C)C)c(C)c1. The Kier molecular flexibility index (Phi) is 5.01. The summed E-state index contributed by atoms with van der Waals surface area (Å²) in [5.41, 5.74) is 4.08. The van der Waals surface area contributed by atoms with E-state index >= 15 is 0 Å². The van der Waals surface area contributed by atoms with Crippen molar-refractivity contribution in [1.29, 1.82) is 0 Å². The van der Waals surface area contributed by atoms with Gasteiger partial charge in [0, 0.05) is 6.61 Å². The predicted molar refractivity (Wildman–Crippen MR) is 69.8 cm³/mol. The minimum absolute atomic E-state index is 0.282. The molecule has 0 spiro atoms. The second-order valence-corrected chi connectivity index (χ2v) is 5.20. The van der Waals surface area contributed by atoms with E-state index in [1.165, 1.54) is 16.7 Å². The Morgan fingerprint density at radius 3 is 2.38 bits per heavy atom. The van der Waals surface area contributed by atoms with Crippen molar-refractivity contribution < 1.29 is 5.11 Å². The number of hydrogen-bond donors (Lipinski definition) is 1. The maximum absolute atomic E-state index is 9.16. The summed E-state index contributed by atoms with van der Waals surface area (Å²) in [6.07, 6.45) is 2.03. The molecule has 1 atom stereocenters. The van der Waals surface area contributed by atoms with Gasteiger partial charge in [-0.05, 0) is 49.7 Å². The Hall–Kier alpha value is -0.820. The molecule has 1 nitrogen and oxygen atoms in total. The molecule has 1 heteroatoms. The van der Waals surface area contributed by atoms with Gasteiger partial charge in [-0.2, -0.15) is 0 Å². The molecular weight excluding hydrogens is 196 g/mol. The summed E-state index contributed by atoms with van der Waals surface area (Å²) in [7, 11) is 0. The molecule has 0 saturated carbocycles. The van der Waals surface area contributed by atoms with E-state index in [1.807, 2.05) is 0 Å². The summed E-state index contributed by atoms with van der Waals surface area (Å²) in [5, 5.41) is 9.16. The van der Waals surface area contributed by atoms with Gasteiger partial charge in [0.05, 0.1) is 0 Å². The van der Waals surface area contributed by atoms with Crippen molar-refractivity contribution in [2.45, 2.75) is 46.5 Å². The third-order valence-electron chi connectivity index (χ3n) is 3.10. The van der Waals surface area contributed by atoms with E-state index in [0.717, 1.165) is 12.8 Å². The molecule has 0 aliphatic rings. The second kappa shape index (κ2) is 6.05. The predicted octanol–water partition coefficient (Wildman–Crippen LogP) is 3.82. The zero-order valence-corrected chi connectivity index (χ0v) is 11.0. The number of aliphatic hydroxyl groups is 1. The lowest BCUT2D eigenvalue weighted by atomic mass is 9.85. The highest BCUT2D eigenvalue weighted by molar-refractivity contribution is 5.33. The minimum Gasteiger partial charge on any atom is -0.396 e. The largest absolute Gasteiger partial charge is 0.396 e. The number of rotatable bonds is 5. The fourth-order valence-corrected chi connectivity index (χ4v) is 2.41. The zero-order valence-electron chi connectivity index (χ0n) is 11.0. The molecule has 0 aromatic heterocycles. The van der Waals surface area contributed by atoms with Crippen LogP contribution in [0.15, 0.2) is 18.2 Å². The number of aliphatic hydroxyl groups excluding tert-OH is 1. The monoisotopic (exact) mass is 220 g/mol. The number of benzene rings is 1. The highest BCUT2D eigenvalue weighted by Gasteiger charge is 2.14. The van der Waals surface area contributed by atoms with Crippen LogP contribution in [0.5, 0.6) is 0 Å². The van der Waals surface area contributed by atoms with E-state index in [4.69, 9.17) is 5.11 Å². The van der Waals surface area contributed by atoms with Gasteiger partial charge < -0.3 is 5.11 Å². The van der Waals surface area contributed by atoms with Crippen LogP contribution < -0.4 is 0 Å². The molecule has 1 rings (SSSR count). The molecule has 0 bridgehead atoms. The zero-order chi connectivity index (χ0) is 12.1. The quantitative estimate of drug-likeness (QED) is 0.800. The summed E-state index contributed by atoms with van der Waals surface area (Å²) in [5.74, 6) is 1.18. The summed E-state index contributed by atoms with van der Waals surface area (Å²) < 4.78 is 0. The van der Waals surface area contributed by atoms with Crippen LogP contribution in [0.25, 0.3) is 0 Å². The first kappa shape index (κ1) is 13.2. The molecule has 90 valence electrons. The Balaban J connectivity index is 2.91. The minimum atomic E-state index is 0.282. The van der Waals surface area contributed by atoms with Crippen molar-refractivity contribution in [3.63, 3.8) is 0 Å². The first-order valence-corrected chi connectivity index (χ1v) is 6.22. The van der Waals surface area contributed by atoms with E-state index in [2.05, 4.69) is 45.9 Å². The first-order chi connectivity index (χ1) is 7.54. The maximum Gasteiger partial charge on any atom is 0.0436 e. The fraction of sp³-hybridized carbons (Fsp3) is 0.600. The van der Waals surface area contributed by atoms with Gasteiger partial charge >= 0.3 is 0 Å². The maximum atomic E-state index is 9.16. The highest BCUT2D eigenvalue weighted by atomic mass is 16.3. The van der Waals surface area contributed by atoms with E-state index in [1.54, 1.807) is 0 Å². The molecule has 1 unspecified atom stereocenters. The van der Waals surface area contributed by atoms with Gasteiger partial charge in [0.2, 0.25) is 0 Å². The average Bonchev–Trinajstić information content (AvgIpc) is 2.16. The Bertz CT molecular complexity index is 328.